The smallest absolute Gasteiger partial charge is 0.343 e. The Morgan fingerprint density at radius 3 is 2.09 bits per heavy atom. The summed E-state index contributed by atoms with van der Waals surface area (Å²) < 4.78 is 18.7. The normalized spacial score (nSPS) is 26.0. The second kappa shape index (κ2) is 8.48. The van der Waals surface area contributed by atoms with E-state index in [1.54, 1.807) is 13.8 Å². The van der Waals surface area contributed by atoms with E-state index in [4.69, 9.17) is 13.9 Å². The van der Waals surface area contributed by atoms with Gasteiger partial charge in [-0.05, 0) is 43.1 Å². The number of ether oxygens (including phenoxy) is 2. The number of esters is 2. The van der Waals surface area contributed by atoms with Crippen molar-refractivity contribution >= 4 is 20.3 Å². The van der Waals surface area contributed by atoms with Crippen LogP contribution in [0.15, 0.2) is 60.7 Å². The third kappa shape index (κ3) is 4.02. The van der Waals surface area contributed by atoms with Crippen molar-refractivity contribution in [3.63, 3.8) is 0 Å². The molecular formula is C26H34O5Si. The monoisotopic (exact) mass is 454 g/mol. The second-order valence-electron chi connectivity index (χ2n) is 10.2. The molecule has 2 aromatic carbocycles. The molecular weight excluding hydrogens is 420 g/mol. The number of rotatable bonds is 6. The van der Waals surface area contributed by atoms with Crippen LogP contribution in [0.25, 0.3) is 0 Å². The highest BCUT2D eigenvalue weighted by atomic mass is 28.4. The Morgan fingerprint density at radius 2 is 1.56 bits per heavy atom. The zero-order chi connectivity index (χ0) is 23.8. The summed E-state index contributed by atoms with van der Waals surface area (Å²) in [6.07, 6.45) is 0. The van der Waals surface area contributed by atoms with Gasteiger partial charge in [0.25, 0.3) is 0 Å². The van der Waals surface area contributed by atoms with Crippen molar-refractivity contribution in [3.05, 3.63) is 71.8 Å². The van der Waals surface area contributed by atoms with Crippen molar-refractivity contribution < 1.29 is 23.5 Å². The van der Waals surface area contributed by atoms with Crippen LogP contribution >= 0.6 is 0 Å². The van der Waals surface area contributed by atoms with Gasteiger partial charge in [0.05, 0.1) is 5.92 Å². The standard InChI is InChI=1S/C26H34O5Si/c1-19-22(27)30-25(5,21-16-12-9-13-17-21)26(19,31-32(6,7)24(2,3)4)23(28)29-18-20-14-10-8-11-15-20/h8-17,19H,18H2,1-7H3/t19-,25+,26-/m1/s1. The number of hydrogen-bond acceptors (Lipinski definition) is 5. The summed E-state index contributed by atoms with van der Waals surface area (Å²) in [6, 6.07) is 18.8. The highest BCUT2D eigenvalue weighted by molar-refractivity contribution is 6.74. The van der Waals surface area contributed by atoms with Crippen LogP contribution in [-0.4, -0.2) is 25.9 Å². The summed E-state index contributed by atoms with van der Waals surface area (Å²) in [5.74, 6) is -1.87. The molecule has 0 aliphatic carbocycles. The summed E-state index contributed by atoms with van der Waals surface area (Å²) in [5.41, 5.74) is -1.37. The summed E-state index contributed by atoms with van der Waals surface area (Å²) in [4.78, 5) is 26.9. The van der Waals surface area contributed by atoms with E-state index >= 15 is 0 Å². The molecule has 5 nitrogen and oxygen atoms in total. The molecule has 3 atom stereocenters. The third-order valence-corrected chi connectivity index (χ3v) is 11.5. The number of carbonyl (C=O) groups is 2. The average Bonchev–Trinajstić information content (AvgIpc) is 2.94. The lowest BCUT2D eigenvalue weighted by atomic mass is 9.74. The highest BCUT2D eigenvalue weighted by Crippen LogP contribution is 2.54. The van der Waals surface area contributed by atoms with Crippen LogP contribution in [0.1, 0.15) is 45.7 Å². The molecule has 1 fully saturated rings. The van der Waals surface area contributed by atoms with Crippen LogP contribution in [0.5, 0.6) is 0 Å². The minimum Gasteiger partial charge on any atom is -0.459 e. The fraction of sp³-hybridized carbons (Fsp3) is 0.462. The van der Waals surface area contributed by atoms with E-state index in [0.29, 0.717) is 5.56 Å². The van der Waals surface area contributed by atoms with Crippen LogP contribution in [0.3, 0.4) is 0 Å². The van der Waals surface area contributed by atoms with Crippen LogP contribution in [0.4, 0.5) is 0 Å². The van der Waals surface area contributed by atoms with Gasteiger partial charge in [-0.15, -0.1) is 0 Å². The van der Waals surface area contributed by atoms with Crippen LogP contribution in [0, 0.1) is 5.92 Å². The van der Waals surface area contributed by atoms with Gasteiger partial charge >= 0.3 is 11.9 Å². The second-order valence-corrected chi connectivity index (χ2v) is 14.9. The zero-order valence-corrected chi connectivity index (χ0v) is 21.1. The van der Waals surface area contributed by atoms with Crippen molar-refractivity contribution in [2.75, 3.05) is 0 Å². The van der Waals surface area contributed by atoms with Gasteiger partial charge in [-0.3, -0.25) is 4.79 Å². The SMILES string of the molecule is C[C@@H]1C(=O)O[C@@](C)(c2ccccc2)[C@]1(O[Si](C)(C)C(C)(C)C)C(=O)OCc1ccccc1. The lowest BCUT2D eigenvalue weighted by molar-refractivity contribution is -0.187. The van der Waals surface area contributed by atoms with Crippen molar-refractivity contribution in [1.29, 1.82) is 0 Å². The minimum absolute atomic E-state index is 0.0913. The van der Waals surface area contributed by atoms with Crippen molar-refractivity contribution in [2.24, 2.45) is 5.92 Å². The molecule has 0 unspecified atom stereocenters. The Kier molecular flexibility index (Phi) is 6.42. The molecule has 0 saturated carbocycles. The molecule has 3 rings (SSSR count). The fourth-order valence-electron chi connectivity index (χ4n) is 3.96. The van der Waals surface area contributed by atoms with Gasteiger partial charge in [-0.1, -0.05) is 81.4 Å². The van der Waals surface area contributed by atoms with E-state index in [0.717, 1.165) is 5.56 Å². The maximum atomic E-state index is 13.9. The molecule has 0 amide bonds. The quantitative estimate of drug-likeness (QED) is 0.420. The Labute approximate surface area is 192 Å². The number of carbonyl (C=O) groups excluding carboxylic acids is 2. The van der Waals surface area contributed by atoms with E-state index < -0.39 is 37.4 Å². The van der Waals surface area contributed by atoms with Gasteiger partial charge in [0.15, 0.2) is 13.9 Å². The summed E-state index contributed by atoms with van der Waals surface area (Å²) >= 11 is 0. The Morgan fingerprint density at radius 1 is 1.03 bits per heavy atom. The largest absolute Gasteiger partial charge is 0.459 e. The molecule has 1 saturated heterocycles. The van der Waals surface area contributed by atoms with Gasteiger partial charge in [-0.2, -0.15) is 0 Å². The van der Waals surface area contributed by atoms with E-state index in [-0.39, 0.29) is 11.6 Å². The zero-order valence-electron chi connectivity index (χ0n) is 20.1. The molecule has 0 bridgehead atoms. The maximum Gasteiger partial charge on any atom is 0.343 e. The van der Waals surface area contributed by atoms with Gasteiger partial charge in [0.1, 0.15) is 6.61 Å². The molecule has 1 aliphatic heterocycles. The maximum absolute atomic E-state index is 13.9. The Hall–Kier alpha value is -2.44. The van der Waals surface area contributed by atoms with Gasteiger partial charge in [0, 0.05) is 0 Å². The Balaban J connectivity index is 2.13. The van der Waals surface area contributed by atoms with E-state index in [2.05, 4.69) is 33.9 Å². The number of cyclic esters (lactones) is 1. The topological polar surface area (TPSA) is 61.8 Å². The molecule has 0 spiro atoms. The van der Waals surface area contributed by atoms with Crippen LogP contribution in [0.2, 0.25) is 18.1 Å². The van der Waals surface area contributed by atoms with Gasteiger partial charge < -0.3 is 13.9 Å². The van der Waals surface area contributed by atoms with Gasteiger partial charge in [0.2, 0.25) is 5.60 Å². The lowest BCUT2D eigenvalue weighted by Crippen LogP contribution is -2.64. The summed E-state index contributed by atoms with van der Waals surface area (Å²) in [6.45, 7) is 14.0. The molecule has 6 heteroatoms. The number of benzene rings is 2. The van der Waals surface area contributed by atoms with E-state index in [1.807, 2.05) is 60.7 Å². The first-order valence-electron chi connectivity index (χ1n) is 11.0. The first-order valence-corrected chi connectivity index (χ1v) is 14.0. The fourth-order valence-corrected chi connectivity index (χ4v) is 5.52. The highest BCUT2D eigenvalue weighted by Gasteiger charge is 2.72. The molecule has 0 N–H and O–H groups in total. The van der Waals surface area contributed by atoms with E-state index in [1.165, 1.54) is 0 Å². The number of hydrogen-bond donors (Lipinski definition) is 0. The van der Waals surface area contributed by atoms with Crippen molar-refractivity contribution in [1.82, 2.24) is 0 Å². The van der Waals surface area contributed by atoms with Crippen LogP contribution < -0.4 is 0 Å². The molecule has 2 aromatic rings. The Bertz CT molecular complexity index is 967. The lowest BCUT2D eigenvalue weighted by Gasteiger charge is -2.48. The average molecular weight is 455 g/mol. The molecule has 0 aromatic heterocycles. The predicted octanol–water partition coefficient (Wildman–Crippen LogP) is 5.60. The predicted molar refractivity (Wildman–Crippen MR) is 126 cm³/mol. The third-order valence-electron chi connectivity index (χ3n) is 7.04. The first-order chi connectivity index (χ1) is 14.8. The van der Waals surface area contributed by atoms with Crippen LogP contribution in [-0.2, 0) is 35.7 Å². The molecule has 1 heterocycles. The first kappa shape index (κ1) is 24.2. The van der Waals surface area contributed by atoms with E-state index in [9.17, 15) is 9.59 Å². The minimum atomic E-state index is -2.54. The molecule has 172 valence electrons. The van der Waals surface area contributed by atoms with Crippen molar-refractivity contribution in [3.8, 4) is 0 Å². The summed E-state index contributed by atoms with van der Waals surface area (Å²) in [5, 5.41) is -0.192. The summed E-state index contributed by atoms with van der Waals surface area (Å²) in [7, 11) is -2.54. The molecule has 0 radical (unpaired) electrons. The molecule has 1 aliphatic rings. The molecule has 32 heavy (non-hydrogen) atoms. The van der Waals surface area contributed by atoms with Crippen molar-refractivity contribution in [2.45, 2.75) is 70.6 Å². The van der Waals surface area contributed by atoms with Gasteiger partial charge in [-0.25, -0.2) is 4.79 Å².